The van der Waals surface area contributed by atoms with E-state index in [0.717, 1.165) is 16.9 Å². The lowest BCUT2D eigenvalue weighted by Crippen LogP contribution is -2.27. The summed E-state index contributed by atoms with van der Waals surface area (Å²) in [6, 6.07) is 21.9. The summed E-state index contributed by atoms with van der Waals surface area (Å²) in [6.45, 7) is -0.152. The second-order valence-electron chi connectivity index (χ2n) is 8.07. The van der Waals surface area contributed by atoms with Gasteiger partial charge in [-0.1, -0.05) is 36.1 Å². The number of methoxy groups -OCH3 is 1. The number of benzene rings is 3. The van der Waals surface area contributed by atoms with Gasteiger partial charge in [0.1, 0.15) is 11.5 Å². The molecule has 0 saturated carbocycles. The Balaban J connectivity index is 1.40. The first-order valence-corrected chi connectivity index (χ1v) is 12.3. The van der Waals surface area contributed by atoms with Crippen LogP contribution < -0.4 is 24.6 Å². The Labute approximate surface area is 219 Å². The van der Waals surface area contributed by atoms with E-state index < -0.39 is 0 Å². The summed E-state index contributed by atoms with van der Waals surface area (Å²) in [5, 5.41) is 2.78. The van der Waals surface area contributed by atoms with Gasteiger partial charge in [0.05, 0.1) is 17.7 Å². The third kappa shape index (κ3) is 6.05. The molecular weight excluding hydrogens is 494 g/mol. The van der Waals surface area contributed by atoms with Crippen molar-refractivity contribution in [3.63, 3.8) is 0 Å². The van der Waals surface area contributed by atoms with Gasteiger partial charge in [-0.3, -0.25) is 14.5 Å². The predicted octanol–water partition coefficient (Wildman–Crippen LogP) is 5.18. The average molecular weight is 520 g/mol. The molecule has 1 saturated heterocycles. The number of nitrogens with one attached hydrogen (secondary N) is 1. The highest BCUT2D eigenvalue weighted by Crippen LogP contribution is 2.36. The minimum Gasteiger partial charge on any atom is -0.497 e. The SMILES string of the molecule is COc1ccc(NC(=O)COc2cccc(/C=C3\SC(=S)N(c4ccc(N(C)C)cc4)C3=O)c2)cc1. The Kier molecular flexibility index (Phi) is 7.92. The largest absolute Gasteiger partial charge is 0.497 e. The molecule has 1 aliphatic heterocycles. The molecule has 0 unspecified atom stereocenters. The maximum Gasteiger partial charge on any atom is 0.270 e. The van der Waals surface area contributed by atoms with Crippen LogP contribution in [0.25, 0.3) is 6.08 Å². The van der Waals surface area contributed by atoms with Gasteiger partial charge in [0.15, 0.2) is 10.9 Å². The molecule has 9 heteroatoms. The van der Waals surface area contributed by atoms with Gasteiger partial charge in [-0.05, 0) is 72.3 Å². The molecule has 1 heterocycles. The van der Waals surface area contributed by atoms with Crippen LogP contribution >= 0.6 is 24.0 Å². The van der Waals surface area contributed by atoms with Crippen molar-refractivity contribution in [1.82, 2.24) is 0 Å². The molecule has 0 aliphatic carbocycles. The third-order valence-electron chi connectivity index (χ3n) is 5.32. The molecule has 0 atom stereocenters. The van der Waals surface area contributed by atoms with E-state index in [2.05, 4.69) is 5.32 Å². The van der Waals surface area contributed by atoms with Gasteiger partial charge in [0.2, 0.25) is 0 Å². The van der Waals surface area contributed by atoms with Crippen LogP contribution in [0, 0.1) is 0 Å². The van der Waals surface area contributed by atoms with Crippen LogP contribution in [0.1, 0.15) is 5.56 Å². The number of thioether (sulfide) groups is 1. The topological polar surface area (TPSA) is 71.1 Å². The van der Waals surface area contributed by atoms with Crippen molar-refractivity contribution in [2.24, 2.45) is 0 Å². The normalized spacial score (nSPS) is 14.2. The number of anilines is 3. The zero-order valence-electron chi connectivity index (χ0n) is 20.1. The van der Waals surface area contributed by atoms with Crippen LogP contribution in [-0.4, -0.2) is 43.9 Å². The van der Waals surface area contributed by atoms with Crippen LogP contribution in [0.3, 0.4) is 0 Å². The Morgan fingerprint density at radius 3 is 2.44 bits per heavy atom. The average Bonchev–Trinajstić information content (AvgIpc) is 3.15. The van der Waals surface area contributed by atoms with Crippen molar-refractivity contribution in [3.05, 3.63) is 83.3 Å². The van der Waals surface area contributed by atoms with E-state index in [4.69, 9.17) is 21.7 Å². The molecule has 3 aromatic rings. The van der Waals surface area contributed by atoms with Gasteiger partial charge >= 0.3 is 0 Å². The third-order valence-corrected chi connectivity index (χ3v) is 6.62. The Morgan fingerprint density at radius 2 is 1.78 bits per heavy atom. The number of carbonyl (C=O) groups excluding carboxylic acids is 2. The highest BCUT2D eigenvalue weighted by atomic mass is 32.2. The lowest BCUT2D eigenvalue weighted by molar-refractivity contribution is -0.118. The van der Waals surface area contributed by atoms with E-state index in [1.54, 1.807) is 49.6 Å². The maximum atomic E-state index is 13.1. The molecule has 0 aromatic heterocycles. The summed E-state index contributed by atoms with van der Waals surface area (Å²) in [6.07, 6.45) is 1.78. The monoisotopic (exact) mass is 519 g/mol. The molecule has 0 spiro atoms. The standard InChI is InChI=1S/C27H25N3O4S2/c1-29(2)20-9-11-21(12-10-20)30-26(32)24(36-27(30)35)16-18-5-4-6-23(15-18)34-17-25(31)28-19-7-13-22(33-3)14-8-19/h4-16H,17H2,1-3H3,(H,28,31)/b24-16-. The summed E-state index contributed by atoms with van der Waals surface area (Å²) in [5.41, 5.74) is 3.18. The van der Waals surface area contributed by atoms with Crippen LogP contribution in [0.2, 0.25) is 0 Å². The summed E-state index contributed by atoms with van der Waals surface area (Å²) in [4.78, 5) is 29.4. The fourth-order valence-corrected chi connectivity index (χ4v) is 4.75. The molecule has 7 nitrogen and oxygen atoms in total. The number of hydrogen-bond acceptors (Lipinski definition) is 7. The van der Waals surface area contributed by atoms with Crippen molar-refractivity contribution in [3.8, 4) is 11.5 Å². The van der Waals surface area contributed by atoms with Gasteiger partial charge in [-0.2, -0.15) is 0 Å². The van der Waals surface area contributed by atoms with Gasteiger partial charge < -0.3 is 19.7 Å². The first-order valence-electron chi connectivity index (χ1n) is 11.1. The Bertz CT molecular complexity index is 1310. The maximum absolute atomic E-state index is 13.1. The fourth-order valence-electron chi connectivity index (χ4n) is 3.46. The molecule has 0 bridgehead atoms. The smallest absolute Gasteiger partial charge is 0.270 e. The number of nitrogens with zero attached hydrogens (tertiary/aromatic N) is 2. The quantitative estimate of drug-likeness (QED) is 0.325. The molecule has 0 radical (unpaired) electrons. The highest BCUT2D eigenvalue weighted by Gasteiger charge is 2.33. The van der Waals surface area contributed by atoms with Crippen molar-refractivity contribution in [2.45, 2.75) is 0 Å². The van der Waals surface area contributed by atoms with Gasteiger partial charge in [-0.15, -0.1) is 0 Å². The molecule has 4 rings (SSSR count). The lowest BCUT2D eigenvalue weighted by Gasteiger charge is -2.17. The van der Waals surface area contributed by atoms with Crippen LogP contribution in [0.4, 0.5) is 17.1 Å². The second kappa shape index (κ2) is 11.3. The van der Waals surface area contributed by atoms with E-state index in [-0.39, 0.29) is 18.4 Å². The van der Waals surface area contributed by atoms with E-state index in [1.165, 1.54) is 16.7 Å². The van der Waals surface area contributed by atoms with Crippen LogP contribution in [0.15, 0.2) is 77.7 Å². The van der Waals surface area contributed by atoms with Gasteiger partial charge in [0, 0.05) is 25.5 Å². The van der Waals surface area contributed by atoms with E-state index in [1.807, 2.05) is 55.4 Å². The van der Waals surface area contributed by atoms with Gasteiger partial charge in [0.25, 0.3) is 11.8 Å². The zero-order chi connectivity index (χ0) is 25.7. The second-order valence-corrected chi connectivity index (χ2v) is 9.74. The Morgan fingerprint density at radius 1 is 1.06 bits per heavy atom. The molecule has 3 aromatic carbocycles. The number of amides is 2. The lowest BCUT2D eigenvalue weighted by atomic mass is 10.2. The zero-order valence-corrected chi connectivity index (χ0v) is 21.7. The summed E-state index contributed by atoms with van der Waals surface area (Å²) >= 11 is 6.74. The van der Waals surface area contributed by atoms with Crippen molar-refractivity contribution < 1.29 is 19.1 Å². The van der Waals surface area contributed by atoms with Crippen LogP contribution in [-0.2, 0) is 9.59 Å². The van der Waals surface area contributed by atoms with E-state index >= 15 is 0 Å². The molecule has 1 aliphatic rings. The van der Waals surface area contributed by atoms with Crippen LogP contribution in [0.5, 0.6) is 11.5 Å². The van der Waals surface area contributed by atoms with Crippen molar-refractivity contribution in [2.75, 3.05) is 42.9 Å². The molecule has 2 amide bonds. The molecule has 184 valence electrons. The summed E-state index contributed by atoms with van der Waals surface area (Å²) in [5.74, 6) is 0.767. The van der Waals surface area contributed by atoms with Gasteiger partial charge in [-0.25, -0.2) is 0 Å². The first-order chi connectivity index (χ1) is 17.3. The first kappa shape index (κ1) is 25.3. The number of ether oxygens (including phenoxy) is 2. The van der Waals surface area contributed by atoms with Crippen molar-refractivity contribution >= 4 is 63.3 Å². The fraction of sp³-hybridized carbons (Fsp3) is 0.148. The minimum absolute atomic E-state index is 0.152. The minimum atomic E-state index is -0.285. The summed E-state index contributed by atoms with van der Waals surface area (Å²) in [7, 11) is 5.51. The summed E-state index contributed by atoms with van der Waals surface area (Å²) < 4.78 is 11.3. The Hall–Kier alpha value is -3.82. The molecule has 1 N–H and O–H groups in total. The molecule has 1 fully saturated rings. The number of carbonyl (C=O) groups is 2. The number of thiocarbonyl (C=S) groups is 1. The molecular formula is C27H25N3O4S2. The number of hydrogen-bond donors (Lipinski definition) is 1. The molecule has 36 heavy (non-hydrogen) atoms. The highest BCUT2D eigenvalue weighted by molar-refractivity contribution is 8.27. The van der Waals surface area contributed by atoms with E-state index in [0.29, 0.717) is 26.4 Å². The van der Waals surface area contributed by atoms with E-state index in [9.17, 15) is 9.59 Å². The number of rotatable bonds is 8. The predicted molar refractivity (Wildman–Crippen MR) is 150 cm³/mol. The van der Waals surface area contributed by atoms with Crippen molar-refractivity contribution in [1.29, 1.82) is 0 Å².